The number of aliphatic hydroxyl groups is 11. The molecular weight excluding hydrogens is 472 g/mol. The zero-order valence-electron chi connectivity index (χ0n) is 17.8. The summed E-state index contributed by atoms with van der Waals surface area (Å²) in [5, 5.41) is 109. The molecule has 0 amide bonds. The highest BCUT2D eigenvalue weighted by molar-refractivity contribution is 4.99. The normalized spacial score (nSPS) is 52.1. The van der Waals surface area contributed by atoms with Crippen molar-refractivity contribution in [3.05, 3.63) is 0 Å². The van der Waals surface area contributed by atoms with Crippen LogP contribution in [0.1, 0.15) is 0 Å². The average molecular weight is 504 g/mol. The standard InChI is InChI=1S/C18H32O16/c19-1-5-8(23)11(26)13(28)16(30-5)32-14-12(27)9(24)6(2-20)31-17(14)34-18(4-22)15(29)10(25)7(3-21)33-18/h5-17,19-29H,1-4H2/t5-,6-,7-,8+,9-,10-,11+,12+,13-,14-,15+,16+,17?,18+/m1/s1. The van der Waals surface area contributed by atoms with E-state index in [2.05, 4.69) is 0 Å². The minimum absolute atomic E-state index is 0.764. The Morgan fingerprint density at radius 2 is 1.12 bits per heavy atom. The molecule has 34 heavy (non-hydrogen) atoms. The molecule has 0 aromatic carbocycles. The smallest absolute Gasteiger partial charge is 0.224 e. The van der Waals surface area contributed by atoms with Gasteiger partial charge in [0.25, 0.3) is 0 Å². The second kappa shape index (κ2) is 11.2. The van der Waals surface area contributed by atoms with Gasteiger partial charge in [0.2, 0.25) is 5.79 Å². The monoisotopic (exact) mass is 504 g/mol. The molecule has 0 aromatic rings. The Morgan fingerprint density at radius 3 is 1.62 bits per heavy atom. The molecule has 0 aromatic heterocycles. The van der Waals surface area contributed by atoms with Gasteiger partial charge in [0, 0.05) is 0 Å². The maximum Gasteiger partial charge on any atom is 0.224 e. The van der Waals surface area contributed by atoms with E-state index in [-0.39, 0.29) is 0 Å². The molecule has 0 spiro atoms. The summed E-state index contributed by atoms with van der Waals surface area (Å²) >= 11 is 0. The van der Waals surface area contributed by atoms with Crippen LogP contribution in [-0.2, 0) is 23.7 Å². The van der Waals surface area contributed by atoms with E-state index in [1.807, 2.05) is 0 Å². The summed E-state index contributed by atoms with van der Waals surface area (Å²) < 4.78 is 26.9. The van der Waals surface area contributed by atoms with Crippen LogP contribution in [0.15, 0.2) is 0 Å². The Morgan fingerprint density at radius 1 is 0.588 bits per heavy atom. The molecule has 0 bridgehead atoms. The second-order valence-electron chi connectivity index (χ2n) is 8.37. The molecule has 11 N–H and O–H groups in total. The third-order valence-corrected chi connectivity index (χ3v) is 6.19. The van der Waals surface area contributed by atoms with E-state index in [4.69, 9.17) is 23.7 Å². The van der Waals surface area contributed by atoms with Crippen molar-refractivity contribution >= 4 is 0 Å². The third-order valence-electron chi connectivity index (χ3n) is 6.19. The molecule has 0 saturated carbocycles. The Kier molecular flexibility index (Phi) is 9.18. The Hall–Kier alpha value is -0.640. The van der Waals surface area contributed by atoms with Crippen LogP contribution in [0.3, 0.4) is 0 Å². The van der Waals surface area contributed by atoms with E-state index in [0.717, 1.165) is 0 Å². The molecule has 200 valence electrons. The lowest BCUT2D eigenvalue weighted by atomic mass is 9.97. The average Bonchev–Trinajstić information content (AvgIpc) is 3.08. The molecule has 3 rings (SSSR count). The lowest BCUT2D eigenvalue weighted by molar-refractivity contribution is -0.408. The molecule has 3 aliphatic rings. The van der Waals surface area contributed by atoms with Crippen LogP contribution < -0.4 is 0 Å². The first-order valence-corrected chi connectivity index (χ1v) is 10.6. The number of rotatable bonds is 8. The molecule has 3 fully saturated rings. The maximum atomic E-state index is 10.6. The maximum absolute atomic E-state index is 10.6. The van der Waals surface area contributed by atoms with E-state index in [1.165, 1.54) is 0 Å². The van der Waals surface area contributed by atoms with Crippen molar-refractivity contribution < 1.29 is 79.9 Å². The second-order valence-corrected chi connectivity index (χ2v) is 8.37. The van der Waals surface area contributed by atoms with Gasteiger partial charge in [0.1, 0.15) is 73.8 Å². The number of aliphatic hydroxyl groups excluding tert-OH is 11. The molecule has 16 heteroatoms. The van der Waals surface area contributed by atoms with Gasteiger partial charge in [-0.3, -0.25) is 0 Å². The fourth-order valence-electron chi connectivity index (χ4n) is 4.10. The van der Waals surface area contributed by atoms with Gasteiger partial charge in [0.05, 0.1) is 19.8 Å². The van der Waals surface area contributed by atoms with Gasteiger partial charge in [-0.2, -0.15) is 0 Å². The molecule has 0 radical (unpaired) electrons. The molecule has 3 aliphatic heterocycles. The van der Waals surface area contributed by atoms with Crippen molar-refractivity contribution in [1.29, 1.82) is 0 Å². The predicted molar refractivity (Wildman–Crippen MR) is 101 cm³/mol. The van der Waals surface area contributed by atoms with E-state index < -0.39 is 112 Å². The molecule has 3 saturated heterocycles. The quantitative estimate of drug-likeness (QED) is 0.146. The fraction of sp³-hybridized carbons (Fsp3) is 1.00. The van der Waals surface area contributed by atoms with Crippen molar-refractivity contribution in [2.75, 3.05) is 26.4 Å². The lowest BCUT2D eigenvalue weighted by Gasteiger charge is -2.47. The van der Waals surface area contributed by atoms with Crippen LogP contribution in [0.2, 0.25) is 0 Å². The summed E-state index contributed by atoms with van der Waals surface area (Å²) in [5.41, 5.74) is 0. The van der Waals surface area contributed by atoms with Crippen LogP contribution in [-0.4, -0.2) is 168 Å². The number of ether oxygens (including phenoxy) is 5. The summed E-state index contributed by atoms with van der Waals surface area (Å²) in [5.74, 6) is -2.41. The van der Waals surface area contributed by atoms with Crippen LogP contribution in [0, 0.1) is 0 Å². The van der Waals surface area contributed by atoms with Gasteiger partial charge in [-0.05, 0) is 0 Å². The highest BCUT2D eigenvalue weighted by atomic mass is 16.8. The summed E-state index contributed by atoms with van der Waals surface area (Å²) in [7, 11) is 0. The Balaban J connectivity index is 1.87. The van der Waals surface area contributed by atoms with E-state index in [9.17, 15) is 56.2 Å². The summed E-state index contributed by atoms with van der Waals surface area (Å²) in [6, 6.07) is 0. The number of hydrogen-bond acceptors (Lipinski definition) is 16. The van der Waals surface area contributed by atoms with Gasteiger partial charge in [-0.25, -0.2) is 0 Å². The minimum atomic E-state index is -2.41. The molecule has 14 atom stereocenters. The van der Waals surface area contributed by atoms with Gasteiger partial charge < -0.3 is 79.9 Å². The Bertz CT molecular complexity index is 653. The van der Waals surface area contributed by atoms with Crippen molar-refractivity contribution in [3.8, 4) is 0 Å². The van der Waals surface area contributed by atoms with Gasteiger partial charge in [0.15, 0.2) is 12.6 Å². The highest BCUT2D eigenvalue weighted by Gasteiger charge is 2.59. The zero-order valence-corrected chi connectivity index (χ0v) is 17.8. The first kappa shape index (κ1) is 27.9. The highest BCUT2D eigenvalue weighted by Crippen LogP contribution is 2.37. The topological polar surface area (TPSA) is 269 Å². The van der Waals surface area contributed by atoms with Gasteiger partial charge in [-0.15, -0.1) is 0 Å². The fourth-order valence-corrected chi connectivity index (χ4v) is 4.10. The minimum Gasteiger partial charge on any atom is -0.394 e. The molecule has 0 aliphatic carbocycles. The van der Waals surface area contributed by atoms with Crippen molar-refractivity contribution in [1.82, 2.24) is 0 Å². The van der Waals surface area contributed by atoms with Crippen molar-refractivity contribution in [2.24, 2.45) is 0 Å². The SMILES string of the molecule is OC[C@H]1O[C@@H](O[C@H]2C(O[C@]3(CO)O[C@H](CO)[C@@H](O)[C@@H]3O)O[C@H](CO)[C@@H](O)[C@@H]2O)[C@H](O)[C@@H](O)[C@H]1O. The summed E-state index contributed by atoms with van der Waals surface area (Å²) in [6.07, 6.45) is -22.4. The third kappa shape index (κ3) is 4.96. The van der Waals surface area contributed by atoms with E-state index in [0.29, 0.717) is 0 Å². The predicted octanol–water partition coefficient (Wildman–Crippen LogP) is -7.57. The van der Waals surface area contributed by atoms with Crippen LogP contribution >= 0.6 is 0 Å². The first-order chi connectivity index (χ1) is 16.0. The van der Waals surface area contributed by atoms with E-state index >= 15 is 0 Å². The zero-order chi connectivity index (χ0) is 25.4. The Labute approximate surface area is 192 Å². The molecule has 1 unspecified atom stereocenters. The first-order valence-electron chi connectivity index (χ1n) is 10.6. The molecule has 16 nitrogen and oxygen atoms in total. The summed E-state index contributed by atoms with van der Waals surface area (Å²) in [4.78, 5) is 0. The number of hydrogen-bond donors (Lipinski definition) is 11. The largest absolute Gasteiger partial charge is 0.394 e. The van der Waals surface area contributed by atoms with Gasteiger partial charge >= 0.3 is 0 Å². The van der Waals surface area contributed by atoms with Crippen molar-refractivity contribution in [3.63, 3.8) is 0 Å². The lowest BCUT2D eigenvalue weighted by Crippen LogP contribution is -2.66. The van der Waals surface area contributed by atoms with Gasteiger partial charge in [-0.1, -0.05) is 0 Å². The van der Waals surface area contributed by atoms with Crippen LogP contribution in [0.5, 0.6) is 0 Å². The van der Waals surface area contributed by atoms with E-state index in [1.54, 1.807) is 0 Å². The summed E-state index contributed by atoms with van der Waals surface area (Å²) in [6.45, 7) is -3.45. The molecule has 3 heterocycles. The van der Waals surface area contributed by atoms with Crippen LogP contribution in [0.25, 0.3) is 0 Å². The van der Waals surface area contributed by atoms with Crippen molar-refractivity contribution in [2.45, 2.75) is 85.5 Å². The van der Waals surface area contributed by atoms with Crippen LogP contribution in [0.4, 0.5) is 0 Å². The molecular formula is C18H32O16.